The highest BCUT2D eigenvalue weighted by Gasteiger charge is 2.21. The fourth-order valence-corrected chi connectivity index (χ4v) is 4.98. The molecule has 37 heavy (non-hydrogen) atoms. The molecule has 5 rings (SSSR count). The fraction of sp³-hybridized carbons (Fsp3) is 0.414. The van der Waals surface area contributed by atoms with Crippen LogP contribution in [0.1, 0.15) is 22.3 Å². The van der Waals surface area contributed by atoms with Crippen molar-refractivity contribution in [2.75, 3.05) is 65.7 Å². The number of benzene rings is 2. The first kappa shape index (κ1) is 25.6. The standard InChI is InChI=1S/C29H35N3O5/c33-27-3-1-21(15-25(27)19-31-5-9-36-10-6-31)13-23-17-30-18-24(29(23)35)14-22-2-4-28(34)26(16-22)20-32-7-11-37-12-8-32/h1-4,13-16,30,33-34H,5-12,17-20H2. The second kappa shape index (κ2) is 12.0. The number of piperidine rings is 1. The molecule has 0 saturated carbocycles. The molecule has 3 N–H and O–H groups in total. The zero-order valence-corrected chi connectivity index (χ0v) is 21.1. The average Bonchev–Trinajstić information content (AvgIpc) is 2.91. The predicted octanol–water partition coefficient (Wildman–Crippen LogP) is 2.40. The minimum Gasteiger partial charge on any atom is -0.508 e. The Bertz CT molecular complexity index is 1090. The summed E-state index contributed by atoms with van der Waals surface area (Å²) >= 11 is 0. The first-order chi connectivity index (χ1) is 18.0. The molecule has 2 aromatic carbocycles. The van der Waals surface area contributed by atoms with E-state index >= 15 is 0 Å². The van der Waals surface area contributed by atoms with Crippen molar-refractivity contribution in [3.05, 3.63) is 69.8 Å². The van der Waals surface area contributed by atoms with E-state index in [1.165, 1.54) is 0 Å². The average molecular weight is 506 g/mol. The first-order valence-electron chi connectivity index (χ1n) is 13.0. The molecule has 3 aliphatic rings. The summed E-state index contributed by atoms with van der Waals surface area (Å²) in [7, 11) is 0. The van der Waals surface area contributed by atoms with Crippen LogP contribution in [0.5, 0.6) is 11.5 Å². The SMILES string of the molecule is O=C1C(=Cc2ccc(O)c(CN3CCOCC3)c2)CNCC1=Cc1ccc(O)c(CN2CCOCC2)c1. The lowest BCUT2D eigenvalue weighted by molar-refractivity contribution is -0.112. The molecule has 0 aliphatic carbocycles. The monoisotopic (exact) mass is 505 g/mol. The zero-order chi connectivity index (χ0) is 25.6. The Morgan fingerprint density at radius 3 is 1.59 bits per heavy atom. The molecule has 0 spiro atoms. The van der Waals surface area contributed by atoms with E-state index in [-0.39, 0.29) is 17.3 Å². The number of carbonyl (C=O) groups is 1. The van der Waals surface area contributed by atoms with Gasteiger partial charge in [-0.15, -0.1) is 0 Å². The highest BCUT2D eigenvalue weighted by atomic mass is 16.5. The number of ether oxygens (including phenoxy) is 2. The van der Waals surface area contributed by atoms with Gasteiger partial charge in [0.2, 0.25) is 0 Å². The van der Waals surface area contributed by atoms with Crippen LogP contribution in [0, 0.1) is 0 Å². The van der Waals surface area contributed by atoms with Crippen molar-refractivity contribution in [2.24, 2.45) is 0 Å². The molecule has 0 unspecified atom stereocenters. The quantitative estimate of drug-likeness (QED) is 0.516. The fourth-order valence-electron chi connectivity index (χ4n) is 4.98. The van der Waals surface area contributed by atoms with Crippen molar-refractivity contribution in [1.82, 2.24) is 15.1 Å². The Morgan fingerprint density at radius 1 is 0.730 bits per heavy atom. The molecule has 3 saturated heterocycles. The van der Waals surface area contributed by atoms with Gasteiger partial charge in [0.15, 0.2) is 5.78 Å². The van der Waals surface area contributed by atoms with Crippen LogP contribution in [0.4, 0.5) is 0 Å². The van der Waals surface area contributed by atoms with Gasteiger partial charge in [0.25, 0.3) is 0 Å². The van der Waals surface area contributed by atoms with Crippen molar-refractivity contribution in [1.29, 1.82) is 0 Å². The number of phenolic OH excluding ortho intramolecular Hbond substituents is 2. The van der Waals surface area contributed by atoms with E-state index in [0.29, 0.717) is 63.8 Å². The molecule has 0 radical (unpaired) electrons. The third-order valence-corrected chi connectivity index (χ3v) is 7.10. The van der Waals surface area contributed by atoms with Gasteiger partial charge in [-0.1, -0.05) is 12.1 Å². The molecule has 0 aromatic heterocycles. The van der Waals surface area contributed by atoms with Gasteiger partial charge in [0, 0.05) is 74.6 Å². The zero-order valence-electron chi connectivity index (χ0n) is 21.1. The highest BCUT2D eigenvalue weighted by molar-refractivity contribution is 6.14. The summed E-state index contributed by atoms with van der Waals surface area (Å²) in [5, 5.41) is 24.1. The molecular weight excluding hydrogens is 470 g/mol. The van der Waals surface area contributed by atoms with Gasteiger partial charge < -0.3 is 25.0 Å². The summed E-state index contributed by atoms with van der Waals surface area (Å²) in [5.41, 5.74) is 4.86. The maximum absolute atomic E-state index is 13.4. The van der Waals surface area contributed by atoms with Crippen LogP contribution in [0.3, 0.4) is 0 Å². The maximum Gasteiger partial charge on any atom is 0.187 e. The number of Topliss-reactive ketones (excluding diaryl/α,β-unsaturated/α-hetero) is 1. The molecule has 2 aromatic rings. The van der Waals surface area contributed by atoms with E-state index in [1.54, 1.807) is 12.1 Å². The first-order valence-corrected chi connectivity index (χ1v) is 13.0. The Labute approximate surface area is 217 Å². The van der Waals surface area contributed by atoms with Gasteiger partial charge >= 0.3 is 0 Å². The lowest BCUT2D eigenvalue weighted by atomic mass is 9.94. The molecule has 8 heteroatoms. The van der Waals surface area contributed by atoms with Crippen LogP contribution in [-0.4, -0.2) is 91.5 Å². The van der Waals surface area contributed by atoms with Gasteiger partial charge in [0.05, 0.1) is 26.4 Å². The minimum atomic E-state index is 0.0179. The largest absolute Gasteiger partial charge is 0.508 e. The third kappa shape index (κ3) is 6.66. The van der Waals surface area contributed by atoms with E-state index in [4.69, 9.17) is 9.47 Å². The minimum absolute atomic E-state index is 0.0179. The predicted molar refractivity (Wildman–Crippen MR) is 142 cm³/mol. The van der Waals surface area contributed by atoms with Crippen molar-refractivity contribution in [3.8, 4) is 11.5 Å². The Kier molecular flexibility index (Phi) is 8.33. The van der Waals surface area contributed by atoms with E-state index in [0.717, 1.165) is 48.4 Å². The van der Waals surface area contributed by atoms with Gasteiger partial charge in [-0.25, -0.2) is 0 Å². The van der Waals surface area contributed by atoms with Crippen LogP contribution >= 0.6 is 0 Å². The number of hydrogen-bond acceptors (Lipinski definition) is 8. The number of nitrogens with zero attached hydrogens (tertiary/aromatic N) is 2. The lowest BCUT2D eigenvalue weighted by Gasteiger charge is -2.27. The number of hydrogen-bond donors (Lipinski definition) is 3. The Hall–Kier alpha value is -3.01. The van der Waals surface area contributed by atoms with Crippen LogP contribution < -0.4 is 5.32 Å². The Morgan fingerprint density at radius 2 is 1.16 bits per heavy atom. The third-order valence-electron chi connectivity index (χ3n) is 7.10. The second-order valence-corrected chi connectivity index (χ2v) is 9.83. The summed E-state index contributed by atoms with van der Waals surface area (Å²) < 4.78 is 10.8. The summed E-state index contributed by atoms with van der Waals surface area (Å²) in [6.45, 7) is 8.46. The van der Waals surface area contributed by atoms with Gasteiger partial charge in [0.1, 0.15) is 11.5 Å². The Balaban J connectivity index is 1.32. The van der Waals surface area contributed by atoms with E-state index in [2.05, 4.69) is 15.1 Å². The van der Waals surface area contributed by atoms with Crippen molar-refractivity contribution in [3.63, 3.8) is 0 Å². The van der Waals surface area contributed by atoms with Crippen molar-refractivity contribution < 1.29 is 24.5 Å². The van der Waals surface area contributed by atoms with E-state index in [1.807, 2.05) is 36.4 Å². The van der Waals surface area contributed by atoms with Crippen LogP contribution in [-0.2, 0) is 27.4 Å². The molecule has 3 fully saturated rings. The molecule has 0 amide bonds. The highest BCUT2D eigenvalue weighted by Crippen LogP contribution is 2.26. The van der Waals surface area contributed by atoms with Crippen molar-refractivity contribution >= 4 is 17.9 Å². The van der Waals surface area contributed by atoms with Gasteiger partial charge in [-0.3, -0.25) is 14.6 Å². The van der Waals surface area contributed by atoms with Crippen LogP contribution in [0.15, 0.2) is 47.5 Å². The van der Waals surface area contributed by atoms with Gasteiger partial charge in [-0.05, 0) is 47.5 Å². The molecule has 0 atom stereocenters. The summed E-state index contributed by atoms with van der Waals surface area (Å²) in [5.74, 6) is 0.550. The molecular formula is C29H35N3O5. The molecule has 0 bridgehead atoms. The lowest BCUT2D eigenvalue weighted by Crippen LogP contribution is -2.35. The normalized spacial score (nSPS) is 22.1. The van der Waals surface area contributed by atoms with Gasteiger partial charge in [-0.2, -0.15) is 0 Å². The topological polar surface area (TPSA) is 94.5 Å². The summed E-state index contributed by atoms with van der Waals surface area (Å²) in [6.07, 6.45) is 3.82. The molecule has 196 valence electrons. The van der Waals surface area contributed by atoms with Crippen LogP contribution in [0.2, 0.25) is 0 Å². The summed E-state index contributed by atoms with van der Waals surface area (Å²) in [6, 6.07) is 11.0. The number of phenols is 2. The molecule has 3 aliphatic heterocycles. The maximum atomic E-state index is 13.4. The van der Waals surface area contributed by atoms with E-state index in [9.17, 15) is 15.0 Å². The van der Waals surface area contributed by atoms with Crippen LogP contribution in [0.25, 0.3) is 12.2 Å². The number of nitrogens with one attached hydrogen (secondary N) is 1. The number of ketones is 1. The number of aromatic hydroxyl groups is 2. The summed E-state index contributed by atoms with van der Waals surface area (Å²) in [4.78, 5) is 17.9. The second-order valence-electron chi connectivity index (χ2n) is 9.83. The smallest absolute Gasteiger partial charge is 0.187 e. The molecule has 3 heterocycles. The van der Waals surface area contributed by atoms with E-state index < -0.39 is 0 Å². The number of carbonyl (C=O) groups excluding carboxylic acids is 1. The van der Waals surface area contributed by atoms with Crippen molar-refractivity contribution in [2.45, 2.75) is 13.1 Å². The molecule has 8 nitrogen and oxygen atoms in total. The number of morpholine rings is 2. The number of rotatable bonds is 6.